The minimum atomic E-state index is -0.495. The van der Waals surface area contributed by atoms with E-state index in [4.69, 9.17) is 10.5 Å². The van der Waals surface area contributed by atoms with E-state index in [1.807, 2.05) is 31.2 Å². The van der Waals surface area contributed by atoms with Gasteiger partial charge in [0.1, 0.15) is 12.4 Å². The number of aromatic nitrogens is 1. The molecule has 2 aromatic rings. The van der Waals surface area contributed by atoms with Crippen LogP contribution in [0, 0.1) is 0 Å². The van der Waals surface area contributed by atoms with Crippen molar-refractivity contribution in [2.45, 2.75) is 26.0 Å². The zero-order valence-electron chi connectivity index (χ0n) is 12.0. The number of amides is 1. The van der Waals surface area contributed by atoms with Gasteiger partial charge < -0.3 is 15.8 Å². The number of pyridine rings is 1. The summed E-state index contributed by atoms with van der Waals surface area (Å²) in [4.78, 5) is 15.8. The van der Waals surface area contributed by atoms with Crippen LogP contribution >= 0.6 is 0 Å². The molecule has 2 rings (SSSR count). The molecule has 0 aliphatic heterocycles. The molecule has 110 valence electrons. The smallest absolute Gasteiger partial charge is 0.241 e. The van der Waals surface area contributed by atoms with Crippen molar-refractivity contribution < 1.29 is 9.53 Å². The summed E-state index contributed by atoms with van der Waals surface area (Å²) in [5, 5.41) is 2.77. The van der Waals surface area contributed by atoms with Crippen LogP contribution in [0.25, 0.3) is 0 Å². The first kappa shape index (κ1) is 15.0. The summed E-state index contributed by atoms with van der Waals surface area (Å²) in [6, 6.07) is 10.6. The molecule has 1 aromatic heterocycles. The minimum Gasteiger partial charge on any atom is -0.489 e. The fourth-order valence-electron chi connectivity index (χ4n) is 1.73. The molecule has 0 aliphatic carbocycles. The average Bonchev–Trinajstić information content (AvgIpc) is 2.53. The number of anilines is 1. The van der Waals surface area contributed by atoms with Crippen LogP contribution < -0.4 is 15.8 Å². The number of rotatable bonds is 6. The van der Waals surface area contributed by atoms with Gasteiger partial charge in [-0.05, 0) is 24.6 Å². The molecule has 0 aliphatic rings. The summed E-state index contributed by atoms with van der Waals surface area (Å²) in [5.41, 5.74) is 7.35. The van der Waals surface area contributed by atoms with Crippen LogP contribution in [0.2, 0.25) is 0 Å². The Hall–Kier alpha value is -2.40. The number of nitrogens with one attached hydrogen (secondary N) is 1. The van der Waals surface area contributed by atoms with E-state index in [1.165, 1.54) is 0 Å². The van der Waals surface area contributed by atoms with Gasteiger partial charge in [-0.15, -0.1) is 0 Å². The molecule has 0 unspecified atom stereocenters. The van der Waals surface area contributed by atoms with E-state index in [-0.39, 0.29) is 5.91 Å². The lowest BCUT2D eigenvalue weighted by Gasteiger charge is -2.11. The van der Waals surface area contributed by atoms with Crippen molar-refractivity contribution in [3.05, 3.63) is 54.4 Å². The van der Waals surface area contributed by atoms with Gasteiger partial charge in [0.2, 0.25) is 5.91 Å². The van der Waals surface area contributed by atoms with Crippen LogP contribution in [-0.2, 0) is 11.4 Å². The van der Waals surface area contributed by atoms with E-state index in [1.54, 1.807) is 24.5 Å². The van der Waals surface area contributed by atoms with Crippen LogP contribution in [0.5, 0.6) is 5.75 Å². The summed E-state index contributed by atoms with van der Waals surface area (Å²) in [6.07, 6.45) is 4.07. The number of hydrogen-bond acceptors (Lipinski definition) is 4. The van der Waals surface area contributed by atoms with Crippen LogP contribution in [0.3, 0.4) is 0 Å². The maximum absolute atomic E-state index is 11.7. The van der Waals surface area contributed by atoms with Crippen molar-refractivity contribution >= 4 is 11.6 Å². The molecule has 5 nitrogen and oxygen atoms in total. The SMILES string of the molecule is CC[C@H](N)C(=O)Nc1cccc(OCc2cccnc2)c1. The van der Waals surface area contributed by atoms with E-state index in [0.717, 1.165) is 5.56 Å². The maximum atomic E-state index is 11.7. The Morgan fingerprint density at radius 3 is 2.95 bits per heavy atom. The van der Waals surface area contributed by atoms with Crippen LogP contribution in [0.15, 0.2) is 48.8 Å². The molecule has 5 heteroatoms. The second kappa shape index (κ2) is 7.40. The molecule has 0 spiro atoms. The number of benzene rings is 1. The van der Waals surface area contributed by atoms with Crippen molar-refractivity contribution in [3.63, 3.8) is 0 Å². The molecule has 0 fully saturated rings. The predicted molar refractivity (Wildman–Crippen MR) is 81.9 cm³/mol. The fourth-order valence-corrected chi connectivity index (χ4v) is 1.73. The van der Waals surface area contributed by atoms with Gasteiger partial charge in [0, 0.05) is 29.7 Å². The minimum absolute atomic E-state index is 0.193. The Morgan fingerprint density at radius 2 is 2.24 bits per heavy atom. The van der Waals surface area contributed by atoms with Gasteiger partial charge in [0.15, 0.2) is 0 Å². The van der Waals surface area contributed by atoms with Gasteiger partial charge in [0.05, 0.1) is 6.04 Å². The average molecular weight is 285 g/mol. The highest BCUT2D eigenvalue weighted by molar-refractivity contribution is 5.94. The molecular formula is C16H19N3O2. The van der Waals surface area contributed by atoms with Crippen molar-refractivity contribution in [1.82, 2.24) is 4.98 Å². The van der Waals surface area contributed by atoms with Crippen LogP contribution in [0.1, 0.15) is 18.9 Å². The molecule has 1 atom stereocenters. The topological polar surface area (TPSA) is 77.2 Å². The lowest BCUT2D eigenvalue weighted by atomic mass is 10.2. The third-order valence-corrected chi connectivity index (χ3v) is 3.01. The fraction of sp³-hybridized carbons (Fsp3) is 0.250. The quantitative estimate of drug-likeness (QED) is 0.854. The van der Waals surface area contributed by atoms with Crippen molar-refractivity contribution in [1.29, 1.82) is 0 Å². The highest BCUT2D eigenvalue weighted by Gasteiger charge is 2.11. The Balaban J connectivity index is 1.96. The summed E-state index contributed by atoms with van der Waals surface area (Å²) in [6.45, 7) is 2.30. The van der Waals surface area contributed by atoms with Gasteiger partial charge in [-0.1, -0.05) is 19.1 Å². The third-order valence-electron chi connectivity index (χ3n) is 3.01. The number of carbonyl (C=O) groups excluding carboxylic acids is 1. The van der Waals surface area contributed by atoms with Gasteiger partial charge in [0.25, 0.3) is 0 Å². The Morgan fingerprint density at radius 1 is 1.38 bits per heavy atom. The van der Waals surface area contributed by atoms with Gasteiger partial charge >= 0.3 is 0 Å². The van der Waals surface area contributed by atoms with E-state index in [0.29, 0.717) is 24.5 Å². The van der Waals surface area contributed by atoms with E-state index in [9.17, 15) is 4.79 Å². The molecule has 21 heavy (non-hydrogen) atoms. The Bertz CT molecular complexity index is 587. The number of carbonyl (C=O) groups is 1. The molecule has 0 radical (unpaired) electrons. The number of ether oxygens (including phenoxy) is 1. The molecule has 1 amide bonds. The van der Waals surface area contributed by atoms with Gasteiger partial charge in [-0.25, -0.2) is 0 Å². The Labute approximate surface area is 124 Å². The first-order chi connectivity index (χ1) is 10.2. The molecule has 0 bridgehead atoms. The number of hydrogen-bond donors (Lipinski definition) is 2. The zero-order chi connectivity index (χ0) is 15.1. The highest BCUT2D eigenvalue weighted by atomic mass is 16.5. The second-order valence-electron chi connectivity index (χ2n) is 4.68. The largest absolute Gasteiger partial charge is 0.489 e. The summed E-state index contributed by atoms with van der Waals surface area (Å²) >= 11 is 0. The molecule has 0 saturated carbocycles. The summed E-state index contributed by atoms with van der Waals surface area (Å²) in [7, 11) is 0. The first-order valence-corrected chi connectivity index (χ1v) is 6.87. The molecule has 3 N–H and O–H groups in total. The Kier molecular flexibility index (Phi) is 5.29. The number of nitrogens with two attached hydrogens (primary N) is 1. The van der Waals surface area contributed by atoms with E-state index >= 15 is 0 Å². The summed E-state index contributed by atoms with van der Waals surface area (Å²) in [5.74, 6) is 0.489. The second-order valence-corrected chi connectivity index (χ2v) is 4.68. The van der Waals surface area contributed by atoms with Crippen LogP contribution in [0.4, 0.5) is 5.69 Å². The lowest BCUT2D eigenvalue weighted by molar-refractivity contribution is -0.117. The predicted octanol–water partition coefficient (Wildman–Crippen LogP) is 2.34. The van der Waals surface area contributed by atoms with E-state index < -0.39 is 6.04 Å². The third kappa shape index (κ3) is 4.57. The molecule has 1 aromatic carbocycles. The standard InChI is InChI=1S/C16H19N3O2/c1-2-15(17)16(20)19-13-6-3-7-14(9-13)21-11-12-5-4-8-18-10-12/h3-10,15H,2,11,17H2,1H3,(H,19,20)/t15-/m0/s1. The number of nitrogens with zero attached hydrogens (tertiary/aromatic N) is 1. The molecular weight excluding hydrogens is 266 g/mol. The normalized spacial score (nSPS) is 11.7. The van der Waals surface area contributed by atoms with E-state index in [2.05, 4.69) is 10.3 Å². The summed E-state index contributed by atoms with van der Waals surface area (Å²) < 4.78 is 5.68. The highest BCUT2D eigenvalue weighted by Crippen LogP contribution is 2.18. The lowest BCUT2D eigenvalue weighted by Crippen LogP contribution is -2.34. The van der Waals surface area contributed by atoms with Crippen molar-refractivity contribution in [3.8, 4) is 5.75 Å². The first-order valence-electron chi connectivity index (χ1n) is 6.87. The maximum Gasteiger partial charge on any atom is 0.241 e. The van der Waals surface area contributed by atoms with Crippen molar-refractivity contribution in [2.24, 2.45) is 5.73 Å². The van der Waals surface area contributed by atoms with Crippen molar-refractivity contribution in [2.75, 3.05) is 5.32 Å². The molecule has 1 heterocycles. The molecule has 0 saturated heterocycles. The zero-order valence-corrected chi connectivity index (χ0v) is 12.0. The monoisotopic (exact) mass is 285 g/mol. The van der Waals surface area contributed by atoms with Crippen LogP contribution in [-0.4, -0.2) is 16.9 Å². The van der Waals surface area contributed by atoms with Gasteiger partial charge in [-0.3, -0.25) is 9.78 Å². The van der Waals surface area contributed by atoms with Gasteiger partial charge in [-0.2, -0.15) is 0 Å².